The number of hydrogen-bond donors (Lipinski definition) is 1. The molecule has 2 aromatic carbocycles. The molecule has 0 aliphatic heterocycles. The molecule has 0 radical (unpaired) electrons. The number of benzene rings is 2. The third kappa shape index (κ3) is 3.49. The Morgan fingerprint density at radius 3 is 2.05 bits per heavy atom. The van der Waals surface area contributed by atoms with Crippen molar-refractivity contribution in [2.45, 2.75) is 24.0 Å². The van der Waals surface area contributed by atoms with Gasteiger partial charge in [0.25, 0.3) is 5.91 Å². The topological polar surface area (TPSA) is 63.2 Å². The monoisotopic (exact) mass is 303 g/mol. The molecule has 0 aromatic heterocycles. The van der Waals surface area contributed by atoms with Crippen molar-refractivity contribution in [3.05, 3.63) is 60.2 Å². The smallest absolute Gasteiger partial charge is 0.255 e. The molecular weight excluding hydrogens is 286 g/mol. The highest BCUT2D eigenvalue weighted by Gasteiger charge is 2.18. The normalized spacial score (nSPS) is 11.4. The summed E-state index contributed by atoms with van der Waals surface area (Å²) in [4.78, 5) is 12.2. The van der Waals surface area contributed by atoms with Crippen molar-refractivity contribution in [2.75, 3.05) is 5.32 Å². The second-order valence-corrected chi connectivity index (χ2v) is 7.44. The molecule has 110 valence electrons. The van der Waals surface area contributed by atoms with Crippen LogP contribution in [0.5, 0.6) is 0 Å². The average molecular weight is 303 g/mol. The molecule has 0 unspecified atom stereocenters. The second-order valence-electron chi connectivity index (χ2n) is 4.94. The maximum Gasteiger partial charge on any atom is 0.255 e. The van der Waals surface area contributed by atoms with Crippen molar-refractivity contribution in [2.24, 2.45) is 0 Å². The van der Waals surface area contributed by atoms with Gasteiger partial charge in [0.15, 0.2) is 9.84 Å². The number of amides is 1. The molecule has 2 aromatic rings. The van der Waals surface area contributed by atoms with Gasteiger partial charge in [-0.25, -0.2) is 8.42 Å². The van der Waals surface area contributed by atoms with Gasteiger partial charge in [0.1, 0.15) is 0 Å². The molecule has 5 heteroatoms. The van der Waals surface area contributed by atoms with Gasteiger partial charge < -0.3 is 5.32 Å². The molecule has 1 N–H and O–H groups in total. The minimum atomic E-state index is -3.29. The summed E-state index contributed by atoms with van der Waals surface area (Å²) in [5.41, 5.74) is 1.11. The third-order valence-electron chi connectivity index (χ3n) is 3.10. The summed E-state index contributed by atoms with van der Waals surface area (Å²) < 4.78 is 24.0. The van der Waals surface area contributed by atoms with Crippen LogP contribution in [0, 0.1) is 0 Å². The van der Waals surface area contributed by atoms with Crippen LogP contribution in [-0.4, -0.2) is 19.6 Å². The third-order valence-corrected chi connectivity index (χ3v) is 5.27. The Labute approximate surface area is 124 Å². The first-order valence-electron chi connectivity index (χ1n) is 6.61. The van der Waals surface area contributed by atoms with Crippen LogP contribution in [0.4, 0.5) is 5.69 Å². The Bertz CT molecular complexity index is 720. The van der Waals surface area contributed by atoms with Crippen LogP contribution >= 0.6 is 0 Å². The highest BCUT2D eigenvalue weighted by atomic mass is 32.2. The van der Waals surface area contributed by atoms with Crippen molar-refractivity contribution in [1.29, 1.82) is 0 Å². The number of hydrogen-bond acceptors (Lipinski definition) is 3. The van der Waals surface area contributed by atoms with E-state index < -0.39 is 15.1 Å². The molecule has 0 aliphatic carbocycles. The van der Waals surface area contributed by atoms with Gasteiger partial charge in [-0.15, -0.1) is 0 Å². The van der Waals surface area contributed by atoms with Gasteiger partial charge in [0.2, 0.25) is 0 Å². The summed E-state index contributed by atoms with van der Waals surface area (Å²) in [5.74, 6) is -0.227. The van der Waals surface area contributed by atoms with E-state index in [1.165, 1.54) is 12.1 Å². The molecule has 0 atom stereocenters. The van der Waals surface area contributed by atoms with Crippen LogP contribution in [-0.2, 0) is 9.84 Å². The quantitative estimate of drug-likeness (QED) is 0.944. The maximum absolute atomic E-state index is 12.0. The molecule has 0 heterocycles. The lowest BCUT2D eigenvalue weighted by Crippen LogP contribution is -2.14. The molecule has 21 heavy (non-hydrogen) atoms. The predicted octanol–water partition coefficient (Wildman–Crippen LogP) is 3.12. The Morgan fingerprint density at radius 1 is 0.952 bits per heavy atom. The molecule has 1 amide bonds. The number of anilines is 1. The van der Waals surface area contributed by atoms with E-state index in [2.05, 4.69) is 5.32 Å². The van der Waals surface area contributed by atoms with Crippen molar-refractivity contribution in [3.8, 4) is 0 Å². The van der Waals surface area contributed by atoms with Gasteiger partial charge in [0.05, 0.1) is 10.1 Å². The highest BCUT2D eigenvalue weighted by Crippen LogP contribution is 2.19. The zero-order chi connectivity index (χ0) is 15.5. The standard InChI is InChI=1S/C16H17NO3S/c1-12(2)21(19,20)15-10-8-14(9-11-15)17-16(18)13-6-4-3-5-7-13/h3-12H,1-2H3,(H,17,18). The van der Waals surface area contributed by atoms with Crippen LogP contribution in [0.2, 0.25) is 0 Å². The van der Waals surface area contributed by atoms with Crippen LogP contribution in [0.1, 0.15) is 24.2 Å². The summed E-state index contributed by atoms with van der Waals surface area (Å²) in [5, 5.41) is 2.26. The minimum Gasteiger partial charge on any atom is -0.322 e. The number of carbonyl (C=O) groups excluding carboxylic acids is 1. The Balaban J connectivity index is 2.16. The molecule has 0 bridgehead atoms. The summed E-state index contributed by atoms with van der Waals surface area (Å²) >= 11 is 0. The SMILES string of the molecule is CC(C)S(=O)(=O)c1ccc(NC(=O)c2ccccc2)cc1. The zero-order valence-electron chi connectivity index (χ0n) is 11.9. The molecule has 2 rings (SSSR count). The Morgan fingerprint density at radius 2 is 1.52 bits per heavy atom. The number of rotatable bonds is 4. The Hall–Kier alpha value is -2.14. The lowest BCUT2D eigenvalue weighted by molar-refractivity contribution is 0.102. The number of sulfone groups is 1. The molecule has 0 aliphatic rings. The van der Waals surface area contributed by atoms with E-state index in [0.717, 1.165) is 0 Å². The predicted molar refractivity (Wildman–Crippen MR) is 83.2 cm³/mol. The molecule has 0 spiro atoms. The van der Waals surface area contributed by atoms with E-state index in [0.29, 0.717) is 11.3 Å². The van der Waals surface area contributed by atoms with E-state index in [1.54, 1.807) is 50.2 Å². The number of carbonyl (C=O) groups is 1. The summed E-state index contributed by atoms with van der Waals surface area (Å²) in [6.45, 7) is 3.28. The fraction of sp³-hybridized carbons (Fsp3) is 0.188. The largest absolute Gasteiger partial charge is 0.322 e. The van der Waals surface area contributed by atoms with E-state index in [1.807, 2.05) is 6.07 Å². The van der Waals surface area contributed by atoms with Crippen molar-refractivity contribution in [1.82, 2.24) is 0 Å². The van der Waals surface area contributed by atoms with Crippen LogP contribution in [0.15, 0.2) is 59.5 Å². The maximum atomic E-state index is 12.0. The lowest BCUT2D eigenvalue weighted by atomic mass is 10.2. The number of nitrogens with one attached hydrogen (secondary N) is 1. The van der Waals surface area contributed by atoms with Gasteiger partial charge >= 0.3 is 0 Å². The van der Waals surface area contributed by atoms with Gasteiger partial charge in [0, 0.05) is 11.3 Å². The zero-order valence-corrected chi connectivity index (χ0v) is 12.7. The van der Waals surface area contributed by atoms with E-state index in [9.17, 15) is 13.2 Å². The van der Waals surface area contributed by atoms with Crippen molar-refractivity contribution in [3.63, 3.8) is 0 Å². The lowest BCUT2D eigenvalue weighted by Gasteiger charge is -2.09. The summed E-state index contributed by atoms with van der Waals surface area (Å²) in [6, 6.07) is 15.0. The minimum absolute atomic E-state index is 0.227. The van der Waals surface area contributed by atoms with Crippen LogP contribution in [0.3, 0.4) is 0 Å². The molecule has 0 saturated heterocycles. The van der Waals surface area contributed by atoms with Crippen LogP contribution < -0.4 is 5.32 Å². The average Bonchev–Trinajstić information content (AvgIpc) is 2.48. The second kappa shape index (κ2) is 6.10. The van der Waals surface area contributed by atoms with Crippen molar-refractivity contribution < 1.29 is 13.2 Å². The summed E-state index contributed by atoms with van der Waals surface area (Å²) in [6.07, 6.45) is 0. The fourth-order valence-corrected chi connectivity index (χ4v) is 2.85. The van der Waals surface area contributed by atoms with Crippen molar-refractivity contribution >= 4 is 21.4 Å². The fourth-order valence-electron chi connectivity index (χ4n) is 1.79. The molecule has 0 saturated carbocycles. The first kappa shape index (κ1) is 15.3. The van der Waals surface area contributed by atoms with E-state index in [-0.39, 0.29) is 10.8 Å². The van der Waals surface area contributed by atoms with Gasteiger partial charge in [-0.2, -0.15) is 0 Å². The molecule has 0 fully saturated rings. The Kier molecular flexibility index (Phi) is 4.43. The van der Waals surface area contributed by atoms with Crippen LogP contribution in [0.25, 0.3) is 0 Å². The van der Waals surface area contributed by atoms with Gasteiger partial charge in [-0.05, 0) is 50.2 Å². The van der Waals surface area contributed by atoms with Gasteiger partial charge in [-0.1, -0.05) is 18.2 Å². The molecule has 4 nitrogen and oxygen atoms in total. The van der Waals surface area contributed by atoms with Gasteiger partial charge in [-0.3, -0.25) is 4.79 Å². The highest BCUT2D eigenvalue weighted by molar-refractivity contribution is 7.92. The van der Waals surface area contributed by atoms with E-state index >= 15 is 0 Å². The molecular formula is C16H17NO3S. The van der Waals surface area contributed by atoms with E-state index in [4.69, 9.17) is 0 Å². The summed E-state index contributed by atoms with van der Waals surface area (Å²) in [7, 11) is -3.29. The first-order chi connectivity index (χ1) is 9.91. The first-order valence-corrected chi connectivity index (χ1v) is 8.16.